The summed E-state index contributed by atoms with van der Waals surface area (Å²) in [6.07, 6.45) is 0. The molecule has 0 radical (unpaired) electrons. The highest BCUT2D eigenvalue weighted by atomic mass is 19.1. The van der Waals surface area contributed by atoms with E-state index < -0.39 is 0 Å². The third-order valence-electron chi connectivity index (χ3n) is 2.23. The van der Waals surface area contributed by atoms with Crippen molar-refractivity contribution < 1.29 is 4.39 Å². The van der Waals surface area contributed by atoms with E-state index in [1.807, 2.05) is 13.0 Å². The van der Waals surface area contributed by atoms with E-state index in [1.54, 1.807) is 16.8 Å². The van der Waals surface area contributed by atoms with Crippen molar-refractivity contribution in [1.29, 1.82) is 0 Å². The summed E-state index contributed by atoms with van der Waals surface area (Å²) in [5.41, 5.74) is 7.18. The van der Waals surface area contributed by atoms with Crippen molar-refractivity contribution in [2.24, 2.45) is 0 Å². The van der Waals surface area contributed by atoms with Crippen LogP contribution in [0.5, 0.6) is 0 Å². The molecule has 4 heteroatoms. The summed E-state index contributed by atoms with van der Waals surface area (Å²) in [7, 11) is 0. The third kappa shape index (κ3) is 1.83. The fourth-order valence-electron chi connectivity index (χ4n) is 1.47. The lowest BCUT2D eigenvalue weighted by atomic mass is 10.1. The van der Waals surface area contributed by atoms with E-state index in [-0.39, 0.29) is 5.82 Å². The number of hydrogen-bond acceptors (Lipinski definition) is 2. The fourth-order valence-corrected chi connectivity index (χ4v) is 1.47. The zero-order chi connectivity index (χ0) is 10.8. The Bertz CT molecular complexity index is 476. The SMILES string of the molecule is CCn1nc(-c2cccc(F)c2)cc1N. The van der Waals surface area contributed by atoms with E-state index in [0.717, 1.165) is 5.56 Å². The van der Waals surface area contributed by atoms with Crippen molar-refractivity contribution in [2.75, 3.05) is 5.73 Å². The Kier molecular flexibility index (Phi) is 2.41. The van der Waals surface area contributed by atoms with Crippen LogP contribution in [0.3, 0.4) is 0 Å². The molecule has 2 aromatic rings. The molecule has 0 spiro atoms. The van der Waals surface area contributed by atoms with Gasteiger partial charge in [0, 0.05) is 18.2 Å². The van der Waals surface area contributed by atoms with Crippen molar-refractivity contribution in [2.45, 2.75) is 13.5 Å². The van der Waals surface area contributed by atoms with E-state index in [9.17, 15) is 4.39 Å². The molecule has 0 aliphatic carbocycles. The predicted octanol–water partition coefficient (Wildman–Crippen LogP) is 2.29. The molecule has 0 amide bonds. The van der Waals surface area contributed by atoms with Crippen LogP contribution >= 0.6 is 0 Å². The first-order chi connectivity index (χ1) is 7.20. The molecule has 0 aliphatic rings. The lowest BCUT2D eigenvalue weighted by Crippen LogP contribution is -2.01. The average Bonchev–Trinajstić information content (AvgIpc) is 2.60. The van der Waals surface area contributed by atoms with Crippen LogP contribution in [0.2, 0.25) is 0 Å². The van der Waals surface area contributed by atoms with Crippen LogP contribution in [-0.4, -0.2) is 9.78 Å². The predicted molar refractivity (Wildman–Crippen MR) is 57.7 cm³/mol. The molecule has 0 fully saturated rings. The van der Waals surface area contributed by atoms with Gasteiger partial charge in [0.05, 0.1) is 5.69 Å². The first-order valence-corrected chi connectivity index (χ1v) is 4.80. The van der Waals surface area contributed by atoms with Crippen LogP contribution in [0.1, 0.15) is 6.92 Å². The highest BCUT2D eigenvalue weighted by Crippen LogP contribution is 2.20. The first-order valence-electron chi connectivity index (χ1n) is 4.80. The number of nitrogens with two attached hydrogens (primary N) is 1. The van der Waals surface area contributed by atoms with E-state index in [0.29, 0.717) is 18.1 Å². The third-order valence-corrected chi connectivity index (χ3v) is 2.23. The molecule has 1 heterocycles. The summed E-state index contributed by atoms with van der Waals surface area (Å²) in [5.74, 6) is 0.328. The molecule has 0 atom stereocenters. The zero-order valence-corrected chi connectivity index (χ0v) is 8.44. The van der Waals surface area contributed by atoms with Gasteiger partial charge in [-0.1, -0.05) is 12.1 Å². The van der Waals surface area contributed by atoms with Crippen LogP contribution in [0.4, 0.5) is 10.2 Å². The molecule has 0 saturated heterocycles. The zero-order valence-electron chi connectivity index (χ0n) is 8.44. The minimum atomic E-state index is -0.267. The fraction of sp³-hybridized carbons (Fsp3) is 0.182. The van der Waals surface area contributed by atoms with Crippen molar-refractivity contribution in [3.63, 3.8) is 0 Å². The van der Waals surface area contributed by atoms with Crippen LogP contribution in [0.15, 0.2) is 30.3 Å². The van der Waals surface area contributed by atoms with E-state index in [1.165, 1.54) is 12.1 Å². The second-order valence-corrected chi connectivity index (χ2v) is 3.28. The van der Waals surface area contributed by atoms with Gasteiger partial charge in [0.1, 0.15) is 11.6 Å². The molecule has 0 unspecified atom stereocenters. The summed E-state index contributed by atoms with van der Waals surface area (Å²) in [6.45, 7) is 2.67. The largest absolute Gasteiger partial charge is 0.384 e. The summed E-state index contributed by atoms with van der Waals surface area (Å²) < 4.78 is 14.7. The summed E-state index contributed by atoms with van der Waals surface area (Å²) in [5, 5.41) is 4.26. The highest BCUT2D eigenvalue weighted by Gasteiger charge is 2.06. The molecule has 2 N–H and O–H groups in total. The number of anilines is 1. The number of aromatic nitrogens is 2. The normalized spacial score (nSPS) is 10.5. The quantitative estimate of drug-likeness (QED) is 0.817. The van der Waals surface area contributed by atoms with Gasteiger partial charge in [0.25, 0.3) is 0 Å². The van der Waals surface area contributed by atoms with Gasteiger partial charge in [-0.2, -0.15) is 5.10 Å². The molecule has 78 valence electrons. The topological polar surface area (TPSA) is 43.8 Å². The smallest absolute Gasteiger partial charge is 0.123 e. The van der Waals surface area contributed by atoms with E-state index in [2.05, 4.69) is 5.10 Å². The van der Waals surface area contributed by atoms with Crippen molar-refractivity contribution in [3.8, 4) is 11.3 Å². The maximum Gasteiger partial charge on any atom is 0.123 e. The molecule has 3 nitrogen and oxygen atoms in total. The van der Waals surface area contributed by atoms with Gasteiger partial charge in [0.2, 0.25) is 0 Å². The second kappa shape index (κ2) is 3.73. The molecule has 0 bridgehead atoms. The van der Waals surface area contributed by atoms with Crippen LogP contribution < -0.4 is 5.73 Å². The standard InChI is InChI=1S/C11H12FN3/c1-2-15-11(13)7-10(14-15)8-4-3-5-9(12)6-8/h3-7H,2,13H2,1H3. The lowest BCUT2D eigenvalue weighted by molar-refractivity contribution is 0.628. The number of hydrogen-bond donors (Lipinski definition) is 1. The second-order valence-electron chi connectivity index (χ2n) is 3.28. The van der Waals surface area contributed by atoms with E-state index >= 15 is 0 Å². The number of rotatable bonds is 2. The molecular weight excluding hydrogens is 193 g/mol. The Morgan fingerprint density at radius 1 is 1.40 bits per heavy atom. The molecule has 2 rings (SSSR count). The van der Waals surface area contributed by atoms with Gasteiger partial charge in [-0.25, -0.2) is 9.07 Å². The molecule has 1 aromatic carbocycles. The van der Waals surface area contributed by atoms with E-state index in [4.69, 9.17) is 5.73 Å². The Morgan fingerprint density at radius 3 is 2.80 bits per heavy atom. The number of aryl methyl sites for hydroxylation is 1. The Morgan fingerprint density at radius 2 is 2.20 bits per heavy atom. The molecule has 0 saturated carbocycles. The van der Waals surface area contributed by atoms with Gasteiger partial charge in [0.15, 0.2) is 0 Å². The van der Waals surface area contributed by atoms with Gasteiger partial charge in [-0.05, 0) is 19.1 Å². The van der Waals surface area contributed by atoms with Gasteiger partial charge >= 0.3 is 0 Å². The summed E-state index contributed by atoms with van der Waals surface area (Å²) >= 11 is 0. The van der Waals surface area contributed by atoms with Gasteiger partial charge < -0.3 is 5.73 Å². The van der Waals surface area contributed by atoms with Crippen LogP contribution in [0, 0.1) is 5.82 Å². The average molecular weight is 205 g/mol. The summed E-state index contributed by atoms with van der Waals surface area (Å²) in [4.78, 5) is 0. The molecular formula is C11H12FN3. The van der Waals surface area contributed by atoms with Crippen LogP contribution in [0.25, 0.3) is 11.3 Å². The monoisotopic (exact) mass is 205 g/mol. The Labute approximate surface area is 87.3 Å². The Balaban J connectivity index is 2.45. The molecule has 1 aromatic heterocycles. The maximum absolute atomic E-state index is 13.0. The Hall–Kier alpha value is -1.84. The number of nitrogens with zero attached hydrogens (tertiary/aromatic N) is 2. The number of halogens is 1. The highest BCUT2D eigenvalue weighted by molar-refractivity contribution is 5.62. The number of nitrogen functional groups attached to an aromatic ring is 1. The maximum atomic E-state index is 13.0. The number of benzene rings is 1. The minimum Gasteiger partial charge on any atom is -0.384 e. The van der Waals surface area contributed by atoms with Crippen molar-refractivity contribution >= 4 is 5.82 Å². The first kappa shape index (κ1) is 9.71. The minimum absolute atomic E-state index is 0.267. The van der Waals surface area contributed by atoms with Crippen molar-refractivity contribution in [3.05, 3.63) is 36.1 Å². The lowest BCUT2D eigenvalue weighted by Gasteiger charge is -1.97. The van der Waals surface area contributed by atoms with Gasteiger partial charge in [-0.3, -0.25) is 0 Å². The molecule has 15 heavy (non-hydrogen) atoms. The van der Waals surface area contributed by atoms with Gasteiger partial charge in [-0.15, -0.1) is 0 Å². The van der Waals surface area contributed by atoms with Crippen LogP contribution in [-0.2, 0) is 6.54 Å². The van der Waals surface area contributed by atoms with Crippen molar-refractivity contribution in [1.82, 2.24) is 9.78 Å². The summed E-state index contributed by atoms with van der Waals surface area (Å²) in [6, 6.07) is 8.07. The molecule has 0 aliphatic heterocycles.